The van der Waals surface area contributed by atoms with Crippen LogP contribution in [-0.4, -0.2) is 6.29 Å². The first-order valence-corrected chi connectivity index (χ1v) is 5.18. The van der Waals surface area contributed by atoms with E-state index < -0.39 is 0 Å². The molecule has 0 heterocycles. The molecule has 0 unspecified atom stereocenters. The molecule has 0 amide bonds. The highest BCUT2D eigenvalue weighted by molar-refractivity contribution is 6.31. The Hall–Kier alpha value is -1.80. The van der Waals surface area contributed by atoms with Crippen molar-refractivity contribution in [2.75, 3.05) is 5.73 Å². The highest BCUT2D eigenvalue weighted by Crippen LogP contribution is 2.25. The van der Waals surface area contributed by atoms with Crippen LogP contribution in [0.25, 0.3) is 11.1 Å². The van der Waals surface area contributed by atoms with Crippen LogP contribution >= 0.6 is 11.6 Å². The monoisotopic (exact) mass is 231 g/mol. The van der Waals surface area contributed by atoms with Crippen molar-refractivity contribution >= 4 is 23.6 Å². The van der Waals surface area contributed by atoms with Crippen LogP contribution in [0.2, 0.25) is 5.02 Å². The zero-order valence-electron chi connectivity index (χ0n) is 8.48. The molecule has 80 valence electrons. The fourth-order valence-corrected chi connectivity index (χ4v) is 1.78. The van der Waals surface area contributed by atoms with Crippen molar-refractivity contribution < 1.29 is 4.79 Å². The van der Waals surface area contributed by atoms with Gasteiger partial charge in [-0.15, -0.1) is 0 Å². The van der Waals surface area contributed by atoms with E-state index in [-0.39, 0.29) is 0 Å². The predicted molar refractivity (Wildman–Crippen MR) is 66.7 cm³/mol. The Kier molecular flexibility index (Phi) is 2.93. The summed E-state index contributed by atoms with van der Waals surface area (Å²) in [4.78, 5) is 10.5. The maximum Gasteiger partial charge on any atom is 0.150 e. The second kappa shape index (κ2) is 4.37. The highest BCUT2D eigenvalue weighted by Gasteiger charge is 2.00. The molecule has 0 saturated carbocycles. The molecule has 0 atom stereocenters. The van der Waals surface area contributed by atoms with Gasteiger partial charge in [0.25, 0.3) is 0 Å². The van der Waals surface area contributed by atoms with Gasteiger partial charge in [-0.3, -0.25) is 4.79 Å². The molecule has 0 saturated heterocycles. The summed E-state index contributed by atoms with van der Waals surface area (Å²) in [5.74, 6) is 0. The molecule has 16 heavy (non-hydrogen) atoms. The molecule has 0 aromatic heterocycles. The smallest absolute Gasteiger partial charge is 0.150 e. The third-order valence-corrected chi connectivity index (χ3v) is 2.52. The van der Waals surface area contributed by atoms with Gasteiger partial charge in [0.15, 0.2) is 0 Å². The van der Waals surface area contributed by atoms with Crippen LogP contribution in [-0.2, 0) is 0 Å². The first-order valence-electron chi connectivity index (χ1n) is 4.81. The molecular weight excluding hydrogens is 222 g/mol. The fourth-order valence-electron chi connectivity index (χ4n) is 1.53. The molecule has 0 fully saturated rings. The van der Waals surface area contributed by atoms with Crippen LogP contribution in [0, 0.1) is 0 Å². The summed E-state index contributed by atoms with van der Waals surface area (Å²) >= 11 is 5.92. The summed E-state index contributed by atoms with van der Waals surface area (Å²) in [5, 5.41) is 0.606. The quantitative estimate of drug-likeness (QED) is 0.636. The molecule has 0 aliphatic rings. The minimum Gasteiger partial charge on any atom is -0.399 e. The van der Waals surface area contributed by atoms with Crippen molar-refractivity contribution in [3.05, 3.63) is 53.1 Å². The normalized spacial score (nSPS) is 10.1. The number of halogens is 1. The van der Waals surface area contributed by atoms with Crippen molar-refractivity contribution in [3.63, 3.8) is 0 Å². The van der Waals surface area contributed by atoms with E-state index in [1.165, 1.54) is 0 Å². The van der Waals surface area contributed by atoms with E-state index in [4.69, 9.17) is 17.3 Å². The molecule has 0 spiro atoms. The van der Waals surface area contributed by atoms with E-state index in [0.29, 0.717) is 16.3 Å². The summed E-state index contributed by atoms with van der Waals surface area (Å²) in [6.07, 6.45) is 0.816. The molecule has 2 rings (SSSR count). The number of nitrogens with two attached hydrogens (primary N) is 1. The number of carbonyl (C=O) groups excluding carboxylic acids is 1. The lowest BCUT2D eigenvalue weighted by molar-refractivity contribution is 0.112. The first kappa shape index (κ1) is 10.7. The van der Waals surface area contributed by atoms with Crippen LogP contribution in [0.3, 0.4) is 0 Å². The molecular formula is C13H10ClNO. The van der Waals surface area contributed by atoms with E-state index in [0.717, 1.165) is 17.4 Å². The van der Waals surface area contributed by atoms with E-state index in [1.54, 1.807) is 18.2 Å². The van der Waals surface area contributed by atoms with Gasteiger partial charge in [-0.1, -0.05) is 35.9 Å². The summed E-state index contributed by atoms with van der Waals surface area (Å²) in [6.45, 7) is 0. The minimum atomic E-state index is 0.606. The van der Waals surface area contributed by atoms with E-state index in [2.05, 4.69) is 0 Å². The Morgan fingerprint density at radius 1 is 1.00 bits per heavy atom. The molecule has 0 radical (unpaired) electrons. The number of aldehydes is 1. The van der Waals surface area contributed by atoms with Crippen LogP contribution in [0.5, 0.6) is 0 Å². The second-order valence-electron chi connectivity index (χ2n) is 3.51. The zero-order chi connectivity index (χ0) is 11.5. The standard InChI is InChI=1S/C13H10ClNO/c14-12-5-11(6-13(15)7-12)10-3-1-9(8-16)2-4-10/h1-8H,15H2. The van der Waals surface area contributed by atoms with Gasteiger partial charge < -0.3 is 5.73 Å². The Balaban J connectivity index is 2.45. The molecule has 2 aromatic carbocycles. The van der Waals surface area contributed by atoms with Gasteiger partial charge in [-0.25, -0.2) is 0 Å². The van der Waals surface area contributed by atoms with E-state index >= 15 is 0 Å². The first-order chi connectivity index (χ1) is 7.69. The molecule has 2 nitrogen and oxygen atoms in total. The Morgan fingerprint density at radius 2 is 1.69 bits per heavy atom. The lowest BCUT2D eigenvalue weighted by atomic mass is 10.0. The molecule has 3 heteroatoms. The van der Waals surface area contributed by atoms with E-state index in [1.807, 2.05) is 24.3 Å². The number of hydrogen-bond acceptors (Lipinski definition) is 2. The number of anilines is 1. The number of nitrogen functional groups attached to an aromatic ring is 1. The van der Waals surface area contributed by atoms with E-state index in [9.17, 15) is 4.79 Å². The number of hydrogen-bond donors (Lipinski definition) is 1. The zero-order valence-corrected chi connectivity index (χ0v) is 9.24. The molecule has 0 bridgehead atoms. The second-order valence-corrected chi connectivity index (χ2v) is 3.95. The van der Waals surface area contributed by atoms with Crippen LogP contribution in [0.4, 0.5) is 5.69 Å². The summed E-state index contributed by atoms with van der Waals surface area (Å²) in [7, 11) is 0. The van der Waals surface area contributed by atoms with Crippen LogP contribution in [0.1, 0.15) is 10.4 Å². The van der Waals surface area contributed by atoms with Crippen molar-refractivity contribution in [1.29, 1.82) is 0 Å². The van der Waals surface area contributed by atoms with Crippen molar-refractivity contribution in [1.82, 2.24) is 0 Å². The summed E-state index contributed by atoms with van der Waals surface area (Å²) < 4.78 is 0. The van der Waals surface area contributed by atoms with Gasteiger partial charge in [0.2, 0.25) is 0 Å². The maximum atomic E-state index is 10.5. The van der Waals surface area contributed by atoms with Gasteiger partial charge in [0.1, 0.15) is 6.29 Å². The van der Waals surface area contributed by atoms with Gasteiger partial charge >= 0.3 is 0 Å². The minimum absolute atomic E-state index is 0.606. The highest BCUT2D eigenvalue weighted by atomic mass is 35.5. The molecule has 0 aliphatic carbocycles. The molecule has 2 N–H and O–H groups in total. The number of rotatable bonds is 2. The predicted octanol–water partition coefficient (Wildman–Crippen LogP) is 3.40. The van der Waals surface area contributed by atoms with Crippen molar-refractivity contribution in [3.8, 4) is 11.1 Å². The molecule has 2 aromatic rings. The van der Waals surface area contributed by atoms with Crippen molar-refractivity contribution in [2.45, 2.75) is 0 Å². The Labute approximate surface area is 98.7 Å². The van der Waals surface area contributed by atoms with Crippen LogP contribution in [0.15, 0.2) is 42.5 Å². The Morgan fingerprint density at radius 3 is 2.25 bits per heavy atom. The summed E-state index contributed by atoms with van der Waals surface area (Å²) in [5.41, 5.74) is 8.92. The fraction of sp³-hybridized carbons (Fsp3) is 0. The third-order valence-electron chi connectivity index (χ3n) is 2.30. The summed E-state index contributed by atoms with van der Waals surface area (Å²) in [6, 6.07) is 12.7. The number of carbonyl (C=O) groups is 1. The van der Waals surface area contributed by atoms with Gasteiger partial charge in [0.05, 0.1) is 0 Å². The SMILES string of the molecule is Nc1cc(Cl)cc(-c2ccc(C=O)cc2)c1. The van der Waals surface area contributed by atoms with Gasteiger partial charge in [-0.2, -0.15) is 0 Å². The third kappa shape index (κ3) is 2.23. The molecule has 0 aliphatic heterocycles. The maximum absolute atomic E-state index is 10.5. The Bertz CT molecular complexity index is 500. The van der Waals surface area contributed by atoms with Crippen molar-refractivity contribution in [2.24, 2.45) is 0 Å². The largest absolute Gasteiger partial charge is 0.399 e. The topological polar surface area (TPSA) is 43.1 Å². The average molecular weight is 232 g/mol. The number of benzene rings is 2. The van der Waals surface area contributed by atoms with Gasteiger partial charge in [0, 0.05) is 16.3 Å². The lowest BCUT2D eigenvalue weighted by Gasteiger charge is -2.04. The van der Waals surface area contributed by atoms with Crippen LogP contribution < -0.4 is 5.73 Å². The lowest BCUT2D eigenvalue weighted by Crippen LogP contribution is -1.86. The van der Waals surface area contributed by atoms with Gasteiger partial charge in [-0.05, 0) is 29.3 Å². The average Bonchev–Trinajstić information content (AvgIpc) is 2.28.